The van der Waals surface area contributed by atoms with Crippen LogP contribution >= 0.6 is 0 Å². The number of hydrogen-bond donors (Lipinski definition) is 1. The van der Waals surface area contributed by atoms with Crippen molar-refractivity contribution >= 4 is 11.9 Å². The molecule has 1 N–H and O–H groups in total. The molecule has 1 aliphatic carbocycles. The zero-order valence-electron chi connectivity index (χ0n) is 12.7. The number of piperidine rings is 1. The zero-order valence-corrected chi connectivity index (χ0v) is 12.7. The predicted molar refractivity (Wildman–Crippen MR) is 77.2 cm³/mol. The van der Waals surface area contributed by atoms with E-state index in [0.717, 1.165) is 18.8 Å². The van der Waals surface area contributed by atoms with E-state index < -0.39 is 5.97 Å². The molecule has 4 heteroatoms. The molecule has 2 fully saturated rings. The molecule has 114 valence electrons. The number of carboxylic acid groups (broad SMARTS) is 1. The Labute approximate surface area is 121 Å². The number of carboxylic acids is 1. The third-order valence-electron chi connectivity index (χ3n) is 5.31. The van der Waals surface area contributed by atoms with Gasteiger partial charge >= 0.3 is 5.97 Å². The second-order valence-corrected chi connectivity index (χ2v) is 6.62. The van der Waals surface area contributed by atoms with Crippen LogP contribution < -0.4 is 0 Å². The fraction of sp³-hybridized carbons (Fsp3) is 0.875. The molecule has 1 aliphatic heterocycles. The number of nitrogens with zero attached hydrogens (tertiary/aromatic N) is 1. The van der Waals surface area contributed by atoms with Gasteiger partial charge in [0.1, 0.15) is 0 Å². The van der Waals surface area contributed by atoms with E-state index in [1.807, 2.05) is 11.8 Å². The molecule has 1 saturated heterocycles. The summed E-state index contributed by atoms with van der Waals surface area (Å²) < 4.78 is 0. The summed E-state index contributed by atoms with van der Waals surface area (Å²) >= 11 is 0. The first-order chi connectivity index (χ1) is 9.52. The second-order valence-electron chi connectivity index (χ2n) is 6.62. The monoisotopic (exact) mass is 281 g/mol. The van der Waals surface area contributed by atoms with Gasteiger partial charge in [0.25, 0.3) is 0 Å². The predicted octanol–water partition coefficient (Wildman–Crippen LogP) is 2.77. The molecule has 2 rings (SSSR count). The van der Waals surface area contributed by atoms with Crippen molar-refractivity contribution in [3.8, 4) is 0 Å². The van der Waals surface area contributed by atoms with Crippen LogP contribution in [0.15, 0.2) is 0 Å². The van der Waals surface area contributed by atoms with E-state index in [0.29, 0.717) is 19.5 Å². The molecule has 1 heterocycles. The minimum absolute atomic E-state index is 0.0668. The molecule has 1 amide bonds. The summed E-state index contributed by atoms with van der Waals surface area (Å²) in [6.07, 6.45) is 6.21. The normalized spacial score (nSPS) is 34.8. The van der Waals surface area contributed by atoms with Crippen LogP contribution in [0, 0.1) is 23.7 Å². The van der Waals surface area contributed by atoms with Crippen LogP contribution in [0.2, 0.25) is 0 Å². The summed E-state index contributed by atoms with van der Waals surface area (Å²) in [5.41, 5.74) is 0. The van der Waals surface area contributed by atoms with Gasteiger partial charge in [-0.05, 0) is 43.9 Å². The van der Waals surface area contributed by atoms with Crippen molar-refractivity contribution in [3.63, 3.8) is 0 Å². The van der Waals surface area contributed by atoms with Crippen molar-refractivity contribution in [1.82, 2.24) is 4.90 Å². The molecule has 2 atom stereocenters. The number of rotatable bonds is 3. The Balaban J connectivity index is 1.87. The average molecular weight is 281 g/mol. The van der Waals surface area contributed by atoms with E-state index in [1.54, 1.807) is 0 Å². The van der Waals surface area contributed by atoms with E-state index in [2.05, 4.69) is 6.92 Å². The fourth-order valence-electron chi connectivity index (χ4n) is 3.79. The highest BCUT2D eigenvalue weighted by molar-refractivity contribution is 5.79. The Morgan fingerprint density at radius 3 is 2.30 bits per heavy atom. The number of likely N-dealkylation sites (tertiary alicyclic amines) is 1. The first-order valence-corrected chi connectivity index (χ1v) is 8.04. The lowest BCUT2D eigenvalue weighted by molar-refractivity contribution is -0.150. The van der Waals surface area contributed by atoms with Gasteiger partial charge in [-0.2, -0.15) is 0 Å². The lowest BCUT2D eigenvalue weighted by atomic mass is 9.79. The fourth-order valence-corrected chi connectivity index (χ4v) is 3.79. The number of aliphatic carboxylic acids is 1. The first-order valence-electron chi connectivity index (χ1n) is 8.04. The Hall–Kier alpha value is -1.06. The Morgan fingerprint density at radius 1 is 1.15 bits per heavy atom. The standard InChI is InChI=1S/C16H27NO3/c1-3-12-4-6-13(7-5-12)15(18)17-9-8-14(16(19)20)11(2)10-17/h11-14H,3-10H2,1-2H3,(H,19,20). The highest BCUT2D eigenvalue weighted by Gasteiger charge is 2.36. The molecule has 4 nitrogen and oxygen atoms in total. The van der Waals surface area contributed by atoms with Gasteiger partial charge in [-0.15, -0.1) is 0 Å². The molecule has 0 aromatic rings. The second kappa shape index (κ2) is 6.59. The number of amides is 1. The van der Waals surface area contributed by atoms with Crippen LogP contribution in [0.5, 0.6) is 0 Å². The largest absolute Gasteiger partial charge is 0.481 e. The van der Waals surface area contributed by atoms with Crippen LogP contribution in [-0.4, -0.2) is 35.0 Å². The van der Waals surface area contributed by atoms with Crippen molar-refractivity contribution in [3.05, 3.63) is 0 Å². The SMILES string of the molecule is CCC1CCC(C(=O)N2CCC(C(=O)O)C(C)C2)CC1. The molecule has 0 spiro atoms. The van der Waals surface area contributed by atoms with Gasteiger partial charge in [0, 0.05) is 19.0 Å². The van der Waals surface area contributed by atoms with Crippen LogP contribution in [0.25, 0.3) is 0 Å². The third kappa shape index (κ3) is 3.33. The molecule has 20 heavy (non-hydrogen) atoms. The van der Waals surface area contributed by atoms with Gasteiger partial charge in [0.05, 0.1) is 5.92 Å². The minimum Gasteiger partial charge on any atom is -0.481 e. The van der Waals surface area contributed by atoms with Crippen molar-refractivity contribution < 1.29 is 14.7 Å². The molecular formula is C16H27NO3. The highest BCUT2D eigenvalue weighted by atomic mass is 16.4. The number of carbonyl (C=O) groups is 2. The van der Waals surface area contributed by atoms with Gasteiger partial charge in [-0.1, -0.05) is 20.3 Å². The maximum atomic E-state index is 12.5. The topological polar surface area (TPSA) is 57.6 Å². The van der Waals surface area contributed by atoms with E-state index >= 15 is 0 Å². The number of hydrogen-bond acceptors (Lipinski definition) is 2. The van der Waals surface area contributed by atoms with E-state index in [1.165, 1.54) is 19.3 Å². The molecule has 2 aliphatic rings. The molecule has 0 bridgehead atoms. The first kappa shape index (κ1) is 15.3. The van der Waals surface area contributed by atoms with Crippen LogP contribution in [0.3, 0.4) is 0 Å². The Morgan fingerprint density at radius 2 is 1.80 bits per heavy atom. The Bertz CT molecular complexity index is 361. The van der Waals surface area contributed by atoms with Crippen molar-refractivity contribution in [2.24, 2.45) is 23.7 Å². The highest BCUT2D eigenvalue weighted by Crippen LogP contribution is 2.33. The van der Waals surface area contributed by atoms with Crippen molar-refractivity contribution in [1.29, 1.82) is 0 Å². The zero-order chi connectivity index (χ0) is 14.7. The van der Waals surface area contributed by atoms with Crippen LogP contribution in [0.4, 0.5) is 0 Å². The lowest BCUT2D eigenvalue weighted by Gasteiger charge is -2.38. The van der Waals surface area contributed by atoms with Gasteiger partial charge in [-0.25, -0.2) is 0 Å². The van der Waals surface area contributed by atoms with Crippen molar-refractivity contribution in [2.75, 3.05) is 13.1 Å². The van der Waals surface area contributed by atoms with Gasteiger partial charge in [-0.3, -0.25) is 9.59 Å². The summed E-state index contributed by atoms with van der Waals surface area (Å²) in [7, 11) is 0. The van der Waals surface area contributed by atoms with E-state index in [9.17, 15) is 9.59 Å². The minimum atomic E-state index is -0.715. The summed E-state index contributed by atoms with van der Waals surface area (Å²) in [6, 6.07) is 0. The van der Waals surface area contributed by atoms with Crippen LogP contribution in [0.1, 0.15) is 52.4 Å². The lowest BCUT2D eigenvalue weighted by Crippen LogP contribution is -2.47. The maximum Gasteiger partial charge on any atom is 0.306 e. The van der Waals surface area contributed by atoms with E-state index in [4.69, 9.17) is 5.11 Å². The Kier molecular flexibility index (Phi) is 5.06. The smallest absolute Gasteiger partial charge is 0.306 e. The molecule has 0 aromatic carbocycles. The quantitative estimate of drug-likeness (QED) is 0.865. The van der Waals surface area contributed by atoms with E-state index in [-0.39, 0.29) is 23.7 Å². The molecule has 2 unspecified atom stereocenters. The third-order valence-corrected chi connectivity index (χ3v) is 5.31. The molecule has 0 aromatic heterocycles. The average Bonchev–Trinajstić information content (AvgIpc) is 2.46. The number of carbonyl (C=O) groups excluding carboxylic acids is 1. The molecular weight excluding hydrogens is 254 g/mol. The summed E-state index contributed by atoms with van der Waals surface area (Å²) in [5.74, 6) is 0.331. The molecule has 0 radical (unpaired) electrons. The van der Waals surface area contributed by atoms with Gasteiger partial charge < -0.3 is 10.0 Å². The van der Waals surface area contributed by atoms with Crippen molar-refractivity contribution in [2.45, 2.75) is 52.4 Å². The summed E-state index contributed by atoms with van der Waals surface area (Å²) in [5, 5.41) is 9.14. The molecule has 1 saturated carbocycles. The van der Waals surface area contributed by atoms with Crippen LogP contribution in [-0.2, 0) is 9.59 Å². The summed E-state index contributed by atoms with van der Waals surface area (Å²) in [6.45, 7) is 5.41. The summed E-state index contributed by atoms with van der Waals surface area (Å²) in [4.78, 5) is 25.6. The van der Waals surface area contributed by atoms with Gasteiger partial charge in [0.15, 0.2) is 0 Å². The maximum absolute atomic E-state index is 12.5. The van der Waals surface area contributed by atoms with Gasteiger partial charge in [0.2, 0.25) is 5.91 Å².